The van der Waals surface area contributed by atoms with Gasteiger partial charge in [0.05, 0.1) is 12.2 Å². The molecule has 2 aliphatic rings. The molecule has 0 saturated heterocycles. The van der Waals surface area contributed by atoms with Crippen molar-refractivity contribution in [3.63, 3.8) is 0 Å². The van der Waals surface area contributed by atoms with E-state index in [-0.39, 0.29) is 0 Å². The number of hydrogen-bond donors (Lipinski definition) is 0. The summed E-state index contributed by atoms with van der Waals surface area (Å²) in [6, 6.07) is 0. The molecule has 2 saturated carbocycles. The second kappa shape index (κ2) is 4.63. The minimum absolute atomic E-state index is 0.506. The number of rotatable bonds is 2. The van der Waals surface area contributed by atoms with Crippen molar-refractivity contribution in [1.82, 2.24) is 0 Å². The van der Waals surface area contributed by atoms with Gasteiger partial charge in [0, 0.05) is 14.2 Å². The summed E-state index contributed by atoms with van der Waals surface area (Å²) in [5, 5.41) is 0. The van der Waals surface area contributed by atoms with Crippen molar-refractivity contribution in [2.24, 2.45) is 11.8 Å². The molecule has 2 fully saturated rings. The van der Waals surface area contributed by atoms with Crippen LogP contribution in [0.4, 0.5) is 0 Å². The average Bonchev–Trinajstić information content (AvgIpc) is 2.27. The van der Waals surface area contributed by atoms with E-state index < -0.39 is 0 Å². The van der Waals surface area contributed by atoms with E-state index in [9.17, 15) is 0 Å². The number of ether oxygens (including phenoxy) is 2. The molecule has 0 bridgehead atoms. The van der Waals surface area contributed by atoms with Gasteiger partial charge in [0.25, 0.3) is 0 Å². The molecule has 0 N–H and O–H groups in total. The van der Waals surface area contributed by atoms with E-state index in [2.05, 4.69) is 0 Å². The molecule has 0 aromatic rings. The topological polar surface area (TPSA) is 18.5 Å². The van der Waals surface area contributed by atoms with Gasteiger partial charge in [0.1, 0.15) is 0 Å². The Hall–Kier alpha value is -0.0800. The first-order valence-electron chi connectivity index (χ1n) is 5.92. The predicted molar refractivity (Wildman–Crippen MR) is 56.3 cm³/mol. The van der Waals surface area contributed by atoms with Gasteiger partial charge in [-0.25, -0.2) is 0 Å². The van der Waals surface area contributed by atoms with Crippen molar-refractivity contribution in [3.05, 3.63) is 0 Å². The van der Waals surface area contributed by atoms with Crippen LogP contribution in [0.3, 0.4) is 0 Å². The van der Waals surface area contributed by atoms with Crippen molar-refractivity contribution in [2.75, 3.05) is 14.2 Å². The first kappa shape index (κ1) is 10.4. The van der Waals surface area contributed by atoms with E-state index >= 15 is 0 Å². The Kier molecular flexibility index (Phi) is 3.45. The van der Waals surface area contributed by atoms with Crippen molar-refractivity contribution >= 4 is 0 Å². The molecule has 0 aliphatic heterocycles. The third-order valence-electron chi connectivity index (χ3n) is 4.16. The fraction of sp³-hybridized carbons (Fsp3) is 1.00. The summed E-state index contributed by atoms with van der Waals surface area (Å²) in [6.45, 7) is 0. The van der Waals surface area contributed by atoms with Gasteiger partial charge < -0.3 is 9.47 Å². The van der Waals surface area contributed by atoms with Gasteiger partial charge in [-0.15, -0.1) is 0 Å². The Bertz CT molecular complexity index is 161. The maximum absolute atomic E-state index is 5.60. The first-order valence-corrected chi connectivity index (χ1v) is 5.92. The van der Waals surface area contributed by atoms with Gasteiger partial charge in [0.2, 0.25) is 0 Å². The Balaban J connectivity index is 2.04. The number of methoxy groups -OCH3 is 2. The maximum atomic E-state index is 5.60. The summed E-state index contributed by atoms with van der Waals surface area (Å²) in [5.41, 5.74) is 0. The van der Waals surface area contributed by atoms with Crippen LogP contribution in [0.25, 0.3) is 0 Å². The largest absolute Gasteiger partial charge is 0.381 e. The maximum Gasteiger partial charge on any atom is 0.0603 e. The molecule has 0 heterocycles. The Morgan fingerprint density at radius 3 is 1.50 bits per heavy atom. The highest BCUT2D eigenvalue weighted by molar-refractivity contribution is 4.90. The van der Waals surface area contributed by atoms with Crippen LogP contribution >= 0.6 is 0 Å². The van der Waals surface area contributed by atoms with Crippen LogP contribution in [-0.4, -0.2) is 26.4 Å². The van der Waals surface area contributed by atoms with Crippen molar-refractivity contribution in [1.29, 1.82) is 0 Å². The van der Waals surface area contributed by atoms with Gasteiger partial charge in [-0.1, -0.05) is 12.8 Å². The van der Waals surface area contributed by atoms with Crippen LogP contribution in [0.15, 0.2) is 0 Å². The first-order chi connectivity index (χ1) is 6.86. The predicted octanol–water partition coefficient (Wildman–Crippen LogP) is 2.62. The van der Waals surface area contributed by atoms with Crippen LogP contribution in [0, 0.1) is 11.8 Å². The molecule has 0 radical (unpaired) electrons. The molecule has 0 amide bonds. The summed E-state index contributed by atoms with van der Waals surface area (Å²) in [4.78, 5) is 0. The smallest absolute Gasteiger partial charge is 0.0603 e. The average molecular weight is 198 g/mol. The lowest BCUT2D eigenvalue weighted by atomic mass is 9.68. The minimum atomic E-state index is 0.506. The summed E-state index contributed by atoms with van der Waals surface area (Å²) in [5.74, 6) is 1.54. The molecule has 2 heteroatoms. The highest BCUT2D eigenvalue weighted by Crippen LogP contribution is 2.42. The standard InChI is InChI=1S/C12H22O2/c1-13-11-7-3-6-10-9(11)5-4-8-12(10)14-2/h9-12H,3-8H2,1-2H3. The molecule has 2 aliphatic carbocycles. The molecule has 4 unspecified atom stereocenters. The zero-order valence-electron chi connectivity index (χ0n) is 9.37. The fourth-order valence-corrected chi connectivity index (χ4v) is 3.47. The number of hydrogen-bond acceptors (Lipinski definition) is 2. The van der Waals surface area contributed by atoms with Crippen LogP contribution in [0.1, 0.15) is 38.5 Å². The third-order valence-corrected chi connectivity index (χ3v) is 4.16. The van der Waals surface area contributed by atoms with Crippen LogP contribution in [0.5, 0.6) is 0 Å². The van der Waals surface area contributed by atoms with Gasteiger partial charge in [-0.2, -0.15) is 0 Å². The molecule has 0 spiro atoms. The van der Waals surface area contributed by atoms with E-state index in [1.807, 2.05) is 14.2 Å². The summed E-state index contributed by atoms with van der Waals surface area (Å²) in [6.07, 6.45) is 8.87. The molecule has 82 valence electrons. The van der Waals surface area contributed by atoms with Gasteiger partial charge in [-0.05, 0) is 37.5 Å². The molecule has 0 aromatic carbocycles. The Morgan fingerprint density at radius 1 is 0.714 bits per heavy atom. The van der Waals surface area contributed by atoms with E-state index in [1.165, 1.54) is 38.5 Å². The summed E-state index contributed by atoms with van der Waals surface area (Å²) in [7, 11) is 3.73. The molecule has 4 atom stereocenters. The number of fused-ring (bicyclic) bond motifs is 1. The van der Waals surface area contributed by atoms with Crippen LogP contribution in [-0.2, 0) is 9.47 Å². The van der Waals surface area contributed by atoms with E-state index in [1.54, 1.807) is 0 Å². The second-order valence-electron chi connectivity index (χ2n) is 4.74. The van der Waals surface area contributed by atoms with Crippen LogP contribution < -0.4 is 0 Å². The SMILES string of the molecule is COC1CCCC2C(OC)CCCC12. The highest BCUT2D eigenvalue weighted by Gasteiger charge is 2.40. The second-order valence-corrected chi connectivity index (χ2v) is 4.74. The van der Waals surface area contributed by atoms with Gasteiger partial charge in [0.15, 0.2) is 0 Å². The van der Waals surface area contributed by atoms with E-state index in [0.717, 1.165) is 11.8 Å². The molecule has 0 aromatic heterocycles. The van der Waals surface area contributed by atoms with Crippen LogP contribution in [0.2, 0.25) is 0 Å². The molecule has 2 nitrogen and oxygen atoms in total. The monoisotopic (exact) mass is 198 g/mol. The summed E-state index contributed by atoms with van der Waals surface area (Å²) >= 11 is 0. The van der Waals surface area contributed by atoms with E-state index in [0.29, 0.717) is 12.2 Å². The summed E-state index contributed by atoms with van der Waals surface area (Å²) < 4.78 is 11.2. The van der Waals surface area contributed by atoms with Crippen molar-refractivity contribution < 1.29 is 9.47 Å². The third kappa shape index (κ3) is 1.82. The molecular formula is C12H22O2. The Labute approximate surface area is 87.0 Å². The molecular weight excluding hydrogens is 176 g/mol. The molecule has 2 rings (SSSR count). The van der Waals surface area contributed by atoms with Gasteiger partial charge in [-0.3, -0.25) is 0 Å². The zero-order chi connectivity index (χ0) is 9.97. The normalized spacial score (nSPS) is 43.3. The van der Waals surface area contributed by atoms with Gasteiger partial charge >= 0.3 is 0 Å². The van der Waals surface area contributed by atoms with E-state index in [4.69, 9.17) is 9.47 Å². The zero-order valence-corrected chi connectivity index (χ0v) is 9.37. The Morgan fingerprint density at radius 2 is 1.14 bits per heavy atom. The lowest BCUT2D eigenvalue weighted by Crippen LogP contribution is -2.43. The van der Waals surface area contributed by atoms with Crippen molar-refractivity contribution in [3.8, 4) is 0 Å². The lowest BCUT2D eigenvalue weighted by Gasteiger charge is -2.44. The minimum Gasteiger partial charge on any atom is -0.381 e. The quantitative estimate of drug-likeness (QED) is 0.679. The lowest BCUT2D eigenvalue weighted by molar-refractivity contribution is -0.0821. The highest BCUT2D eigenvalue weighted by atomic mass is 16.5. The molecule has 14 heavy (non-hydrogen) atoms. The fourth-order valence-electron chi connectivity index (χ4n) is 3.47. The van der Waals surface area contributed by atoms with Crippen molar-refractivity contribution in [2.45, 2.75) is 50.7 Å².